The predicted octanol–water partition coefficient (Wildman–Crippen LogP) is 5.55. The molecule has 0 saturated heterocycles. The average Bonchev–Trinajstić information content (AvgIpc) is 3.22. The number of carbonyl (C=O) groups excluding carboxylic acids is 2. The molecule has 0 unspecified atom stereocenters. The van der Waals surface area contributed by atoms with Crippen molar-refractivity contribution in [2.45, 2.75) is 34.6 Å². The lowest BCUT2D eigenvalue weighted by molar-refractivity contribution is -0.115. The van der Waals surface area contributed by atoms with Crippen LogP contribution in [-0.4, -0.2) is 16.7 Å². The molecule has 3 aromatic rings. The first-order chi connectivity index (χ1) is 13.3. The lowest BCUT2D eigenvalue weighted by Gasteiger charge is -2.19. The molecule has 0 bridgehead atoms. The van der Waals surface area contributed by atoms with Gasteiger partial charge in [0.05, 0.1) is 16.9 Å². The largest absolute Gasteiger partial charge is 0.466 e. The predicted molar refractivity (Wildman–Crippen MR) is 112 cm³/mol. The van der Waals surface area contributed by atoms with Gasteiger partial charge in [-0.3, -0.25) is 14.5 Å². The summed E-state index contributed by atoms with van der Waals surface area (Å²) in [5, 5.41) is 2.39. The van der Waals surface area contributed by atoms with Gasteiger partial charge < -0.3 is 4.42 Å². The molecule has 2 heterocycles. The highest BCUT2D eigenvalue weighted by Gasteiger charge is 2.18. The molecule has 0 radical (unpaired) electrons. The van der Waals surface area contributed by atoms with Crippen LogP contribution in [-0.2, 0) is 4.79 Å². The standard InChI is InChI=1S/C22H22N2O3S/c1-13-6-8-19(10-14(13)2)24(17(5)25)22-23-18(12-28-22)7-9-21(26)20-11-15(3)27-16(20)4/h6-12H,1-5H3/b9-7+. The summed E-state index contributed by atoms with van der Waals surface area (Å²) in [7, 11) is 0. The van der Waals surface area contributed by atoms with Gasteiger partial charge >= 0.3 is 0 Å². The Morgan fingerprint density at radius 1 is 1.11 bits per heavy atom. The van der Waals surface area contributed by atoms with E-state index in [0.717, 1.165) is 11.3 Å². The van der Waals surface area contributed by atoms with E-state index < -0.39 is 0 Å². The summed E-state index contributed by atoms with van der Waals surface area (Å²) in [5.74, 6) is 1.05. The van der Waals surface area contributed by atoms with E-state index in [1.54, 1.807) is 24.0 Å². The molecule has 6 heteroatoms. The third-order valence-electron chi connectivity index (χ3n) is 4.48. The summed E-state index contributed by atoms with van der Waals surface area (Å²) in [4.78, 5) is 30.7. The highest BCUT2D eigenvalue weighted by molar-refractivity contribution is 7.14. The number of ketones is 1. The molecule has 3 rings (SSSR count). The Hall–Kier alpha value is -2.99. The molecule has 0 aliphatic heterocycles. The van der Waals surface area contributed by atoms with Crippen molar-refractivity contribution in [2.24, 2.45) is 0 Å². The molecule has 144 valence electrons. The lowest BCUT2D eigenvalue weighted by Crippen LogP contribution is -2.22. The SMILES string of the molecule is CC(=O)N(c1ccc(C)c(C)c1)c1nc(/C=C/C(=O)c2cc(C)oc2C)cs1. The number of aromatic nitrogens is 1. The smallest absolute Gasteiger partial charge is 0.230 e. The van der Waals surface area contributed by atoms with Gasteiger partial charge in [0.15, 0.2) is 10.9 Å². The zero-order chi connectivity index (χ0) is 20.4. The maximum atomic E-state index is 12.4. The van der Waals surface area contributed by atoms with Crippen LogP contribution in [0.5, 0.6) is 0 Å². The number of hydrogen-bond donors (Lipinski definition) is 0. The summed E-state index contributed by atoms with van der Waals surface area (Å²) < 4.78 is 5.40. The van der Waals surface area contributed by atoms with Crippen LogP contribution in [0.15, 0.2) is 40.1 Å². The Labute approximate surface area is 168 Å². The second kappa shape index (κ2) is 7.94. The number of anilines is 2. The zero-order valence-corrected chi connectivity index (χ0v) is 17.4. The van der Waals surface area contributed by atoms with E-state index in [9.17, 15) is 9.59 Å². The van der Waals surface area contributed by atoms with E-state index in [4.69, 9.17) is 4.42 Å². The quantitative estimate of drug-likeness (QED) is 0.420. The monoisotopic (exact) mass is 394 g/mol. The van der Waals surface area contributed by atoms with Crippen LogP contribution < -0.4 is 4.90 Å². The second-order valence-corrected chi connectivity index (χ2v) is 7.54. The van der Waals surface area contributed by atoms with Crippen LogP contribution in [0, 0.1) is 27.7 Å². The normalized spacial score (nSPS) is 11.2. The van der Waals surface area contributed by atoms with Crippen LogP contribution in [0.4, 0.5) is 10.8 Å². The number of allylic oxidation sites excluding steroid dienone is 1. The van der Waals surface area contributed by atoms with Crippen molar-refractivity contribution < 1.29 is 14.0 Å². The van der Waals surface area contributed by atoms with Crippen LogP contribution >= 0.6 is 11.3 Å². The molecule has 0 atom stereocenters. The number of carbonyl (C=O) groups is 2. The van der Waals surface area contributed by atoms with Crippen LogP contribution in [0.1, 0.15) is 45.6 Å². The second-order valence-electron chi connectivity index (χ2n) is 6.70. The molecule has 28 heavy (non-hydrogen) atoms. The summed E-state index contributed by atoms with van der Waals surface area (Å²) in [6.45, 7) is 9.13. The molecule has 0 fully saturated rings. The van der Waals surface area contributed by atoms with Crippen molar-refractivity contribution in [3.05, 3.63) is 69.6 Å². The number of nitrogens with zero attached hydrogens (tertiary/aromatic N) is 2. The summed E-state index contributed by atoms with van der Waals surface area (Å²) >= 11 is 1.36. The maximum Gasteiger partial charge on any atom is 0.230 e. The number of benzene rings is 1. The molecule has 1 amide bonds. The van der Waals surface area contributed by atoms with Crippen molar-refractivity contribution in [2.75, 3.05) is 4.90 Å². The summed E-state index contributed by atoms with van der Waals surface area (Å²) in [5.41, 5.74) is 4.22. The van der Waals surface area contributed by atoms with Crippen molar-refractivity contribution in [3.8, 4) is 0 Å². The number of furan rings is 1. The minimum Gasteiger partial charge on any atom is -0.466 e. The average molecular weight is 394 g/mol. The first-order valence-corrected chi connectivity index (χ1v) is 9.77. The van der Waals surface area contributed by atoms with Gasteiger partial charge in [-0.05, 0) is 69.2 Å². The van der Waals surface area contributed by atoms with E-state index in [1.807, 2.05) is 44.4 Å². The van der Waals surface area contributed by atoms with E-state index in [-0.39, 0.29) is 11.7 Å². The van der Waals surface area contributed by atoms with Gasteiger partial charge in [-0.1, -0.05) is 6.07 Å². The molecule has 0 N–H and O–H groups in total. The van der Waals surface area contributed by atoms with E-state index in [0.29, 0.717) is 27.9 Å². The molecule has 0 aliphatic carbocycles. The first-order valence-electron chi connectivity index (χ1n) is 8.89. The molecule has 2 aromatic heterocycles. The van der Waals surface area contributed by atoms with Gasteiger partial charge in [0.25, 0.3) is 0 Å². The fourth-order valence-corrected chi connectivity index (χ4v) is 3.73. The van der Waals surface area contributed by atoms with E-state index in [1.165, 1.54) is 29.9 Å². The van der Waals surface area contributed by atoms with Crippen LogP contribution in [0.25, 0.3) is 6.08 Å². The lowest BCUT2D eigenvalue weighted by atomic mass is 10.1. The topological polar surface area (TPSA) is 63.4 Å². The van der Waals surface area contributed by atoms with E-state index >= 15 is 0 Å². The third kappa shape index (κ3) is 4.12. The maximum absolute atomic E-state index is 12.4. The first kappa shape index (κ1) is 19.8. The Morgan fingerprint density at radius 2 is 1.86 bits per heavy atom. The minimum atomic E-state index is -0.138. The van der Waals surface area contributed by atoms with Crippen molar-refractivity contribution in [1.29, 1.82) is 0 Å². The fourth-order valence-electron chi connectivity index (χ4n) is 2.87. The van der Waals surface area contributed by atoms with Crippen molar-refractivity contribution in [3.63, 3.8) is 0 Å². The Balaban J connectivity index is 1.85. The molecule has 1 aromatic carbocycles. The number of hydrogen-bond acceptors (Lipinski definition) is 5. The van der Waals surface area contributed by atoms with Gasteiger partial charge in [-0.15, -0.1) is 11.3 Å². The van der Waals surface area contributed by atoms with Gasteiger partial charge in [0, 0.05) is 12.3 Å². The minimum absolute atomic E-state index is 0.117. The molecular formula is C22H22N2O3S. The third-order valence-corrected chi connectivity index (χ3v) is 5.32. The van der Waals surface area contributed by atoms with Crippen molar-refractivity contribution in [1.82, 2.24) is 4.98 Å². The van der Waals surface area contributed by atoms with Crippen LogP contribution in [0.2, 0.25) is 0 Å². The molecular weight excluding hydrogens is 372 g/mol. The number of amides is 1. The van der Waals surface area contributed by atoms with Gasteiger partial charge in [0.1, 0.15) is 11.5 Å². The zero-order valence-electron chi connectivity index (χ0n) is 16.6. The fraction of sp³-hybridized carbons (Fsp3) is 0.227. The molecule has 5 nitrogen and oxygen atoms in total. The Bertz CT molecular complexity index is 1080. The Morgan fingerprint density at radius 3 is 2.46 bits per heavy atom. The van der Waals surface area contributed by atoms with Crippen LogP contribution in [0.3, 0.4) is 0 Å². The number of rotatable bonds is 5. The summed E-state index contributed by atoms with van der Waals surface area (Å²) in [6, 6.07) is 7.60. The number of thiazole rings is 1. The Kier molecular flexibility index (Phi) is 5.61. The van der Waals surface area contributed by atoms with Gasteiger partial charge in [-0.2, -0.15) is 0 Å². The van der Waals surface area contributed by atoms with Gasteiger partial charge in [0.2, 0.25) is 5.91 Å². The van der Waals surface area contributed by atoms with Gasteiger partial charge in [-0.25, -0.2) is 4.98 Å². The van der Waals surface area contributed by atoms with Crippen molar-refractivity contribution >= 4 is 39.9 Å². The molecule has 0 spiro atoms. The van der Waals surface area contributed by atoms with E-state index in [2.05, 4.69) is 4.98 Å². The molecule has 0 aliphatic rings. The molecule has 0 saturated carbocycles. The highest BCUT2D eigenvalue weighted by Crippen LogP contribution is 2.30. The summed E-state index contributed by atoms with van der Waals surface area (Å²) in [6.07, 6.45) is 3.13. The number of aryl methyl sites for hydroxylation is 4. The highest BCUT2D eigenvalue weighted by atomic mass is 32.1.